The fourth-order valence-corrected chi connectivity index (χ4v) is 4.92. The molecule has 0 aliphatic carbocycles. The van der Waals surface area contributed by atoms with Crippen molar-refractivity contribution in [2.24, 2.45) is 0 Å². The van der Waals surface area contributed by atoms with Crippen LogP contribution in [0.5, 0.6) is 0 Å². The largest absolute Gasteiger partial charge is 0.376 e. The van der Waals surface area contributed by atoms with Crippen LogP contribution < -0.4 is 0 Å². The fourth-order valence-electron chi connectivity index (χ4n) is 3.32. The summed E-state index contributed by atoms with van der Waals surface area (Å²) in [6.45, 7) is 1.56. The highest BCUT2D eigenvalue weighted by atomic mass is 32.2. The molecule has 0 N–H and O–H groups in total. The minimum Gasteiger partial charge on any atom is -0.376 e. The van der Waals surface area contributed by atoms with E-state index in [0.29, 0.717) is 12.0 Å². The number of Topliss-reactive ketones (excluding diaryl/α,β-unsaturated/α-hetero) is 1. The molecule has 152 valence electrons. The molecule has 0 amide bonds. The molecule has 8 heteroatoms. The summed E-state index contributed by atoms with van der Waals surface area (Å²) in [5.74, 6) is 1.34. The highest BCUT2D eigenvalue weighted by Gasteiger charge is 2.22. The molecule has 1 aliphatic heterocycles. The minimum atomic E-state index is -0.329. The Labute approximate surface area is 177 Å². The van der Waals surface area contributed by atoms with Gasteiger partial charge in [-0.05, 0) is 55.0 Å². The standard InChI is InChI=1S/C21H22FN3O2S2/c22-16-9-7-15(8-10-16)18(26)5-2-13-29-21-24-23-20(19-6-3-12-28-19)25(21)14-17-4-1-11-27-17/h3,6-10,12,17H,1-2,4-5,11,13-14H2/t17-/m0/s1. The molecule has 2 aromatic heterocycles. The molecule has 29 heavy (non-hydrogen) atoms. The average molecular weight is 432 g/mol. The maximum Gasteiger partial charge on any atom is 0.191 e. The number of rotatable bonds is 9. The number of ketones is 1. The van der Waals surface area contributed by atoms with E-state index in [4.69, 9.17) is 4.74 Å². The van der Waals surface area contributed by atoms with Gasteiger partial charge in [0.25, 0.3) is 0 Å². The lowest BCUT2D eigenvalue weighted by Gasteiger charge is -2.14. The van der Waals surface area contributed by atoms with Crippen LogP contribution in [0.3, 0.4) is 0 Å². The maximum atomic E-state index is 13.0. The number of carbonyl (C=O) groups excluding carboxylic acids is 1. The lowest BCUT2D eigenvalue weighted by Crippen LogP contribution is -2.16. The summed E-state index contributed by atoms with van der Waals surface area (Å²) in [7, 11) is 0. The monoisotopic (exact) mass is 431 g/mol. The normalized spacial score (nSPS) is 16.4. The van der Waals surface area contributed by atoms with Crippen molar-refractivity contribution in [3.05, 3.63) is 53.2 Å². The lowest BCUT2D eigenvalue weighted by atomic mass is 10.1. The van der Waals surface area contributed by atoms with Crippen LogP contribution in [0, 0.1) is 5.82 Å². The molecule has 0 unspecified atom stereocenters. The van der Waals surface area contributed by atoms with Crippen LogP contribution in [0.15, 0.2) is 46.9 Å². The summed E-state index contributed by atoms with van der Waals surface area (Å²) in [6, 6.07) is 9.78. The zero-order chi connectivity index (χ0) is 20.1. The summed E-state index contributed by atoms with van der Waals surface area (Å²) in [6.07, 6.45) is 3.50. The summed E-state index contributed by atoms with van der Waals surface area (Å²) < 4.78 is 21.0. The predicted octanol–water partition coefficient (Wildman–Crippen LogP) is 5.08. The summed E-state index contributed by atoms with van der Waals surface area (Å²) in [4.78, 5) is 13.3. The van der Waals surface area contributed by atoms with Gasteiger partial charge in [-0.15, -0.1) is 21.5 Å². The van der Waals surface area contributed by atoms with E-state index in [1.54, 1.807) is 23.1 Å². The number of carbonyl (C=O) groups is 1. The number of ether oxygens (including phenoxy) is 1. The van der Waals surface area contributed by atoms with E-state index in [1.807, 2.05) is 11.4 Å². The smallest absolute Gasteiger partial charge is 0.191 e. The molecule has 1 fully saturated rings. The Balaban J connectivity index is 1.37. The Morgan fingerprint density at radius 2 is 2.14 bits per heavy atom. The van der Waals surface area contributed by atoms with Crippen molar-refractivity contribution in [3.8, 4) is 10.7 Å². The number of thioether (sulfide) groups is 1. The van der Waals surface area contributed by atoms with Gasteiger partial charge in [-0.25, -0.2) is 4.39 Å². The molecular weight excluding hydrogens is 409 g/mol. The van der Waals surface area contributed by atoms with Crippen molar-refractivity contribution in [2.75, 3.05) is 12.4 Å². The van der Waals surface area contributed by atoms with Crippen LogP contribution in [0.4, 0.5) is 4.39 Å². The predicted molar refractivity (Wildman–Crippen MR) is 113 cm³/mol. The first-order valence-electron chi connectivity index (χ1n) is 9.71. The second-order valence-corrected chi connectivity index (χ2v) is 8.92. The topological polar surface area (TPSA) is 57.0 Å². The number of hydrogen-bond acceptors (Lipinski definition) is 6. The van der Waals surface area contributed by atoms with Crippen LogP contribution in [-0.4, -0.2) is 39.0 Å². The number of benzene rings is 1. The van der Waals surface area contributed by atoms with Crippen molar-refractivity contribution >= 4 is 28.9 Å². The zero-order valence-corrected chi connectivity index (χ0v) is 17.6. The van der Waals surface area contributed by atoms with Crippen LogP contribution in [-0.2, 0) is 11.3 Å². The van der Waals surface area contributed by atoms with Crippen molar-refractivity contribution < 1.29 is 13.9 Å². The average Bonchev–Trinajstić information content (AvgIpc) is 3.49. The Bertz CT molecular complexity index is 936. The van der Waals surface area contributed by atoms with Gasteiger partial charge < -0.3 is 4.74 Å². The highest BCUT2D eigenvalue weighted by Crippen LogP contribution is 2.29. The van der Waals surface area contributed by atoms with E-state index in [1.165, 1.54) is 24.3 Å². The third-order valence-electron chi connectivity index (χ3n) is 4.81. The van der Waals surface area contributed by atoms with Gasteiger partial charge in [-0.1, -0.05) is 17.8 Å². The number of halogens is 1. The quantitative estimate of drug-likeness (QED) is 0.269. The van der Waals surface area contributed by atoms with E-state index in [-0.39, 0.29) is 17.7 Å². The van der Waals surface area contributed by atoms with Gasteiger partial charge in [0.05, 0.1) is 17.5 Å². The molecule has 0 saturated carbocycles. The van der Waals surface area contributed by atoms with Crippen LogP contribution in [0.1, 0.15) is 36.0 Å². The fraction of sp³-hybridized carbons (Fsp3) is 0.381. The SMILES string of the molecule is O=C(CCCSc1nnc(-c2cccs2)n1C[C@@H]1CCCO1)c1ccc(F)cc1. The van der Waals surface area contributed by atoms with Crippen molar-refractivity contribution in [1.82, 2.24) is 14.8 Å². The van der Waals surface area contributed by atoms with Gasteiger partial charge >= 0.3 is 0 Å². The minimum absolute atomic E-state index is 0.0331. The van der Waals surface area contributed by atoms with E-state index in [9.17, 15) is 9.18 Å². The molecule has 1 saturated heterocycles. The summed E-state index contributed by atoms with van der Waals surface area (Å²) >= 11 is 3.26. The lowest BCUT2D eigenvalue weighted by molar-refractivity contribution is 0.0953. The van der Waals surface area contributed by atoms with E-state index < -0.39 is 0 Å². The van der Waals surface area contributed by atoms with Gasteiger partial charge in [-0.3, -0.25) is 9.36 Å². The second-order valence-electron chi connectivity index (χ2n) is 6.91. The molecular formula is C21H22FN3O2S2. The van der Waals surface area contributed by atoms with Gasteiger partial charge in [-0.2, -0.15) is 0 Å². The molecule has 1 aromatic carbocycles. The molecule has 3 aromatic rings. The van der Waals surface area contributed by atoms with Crippen LogP contribution in [0.25, 0.3) is 10.7 Å². The molecule has 4 rings (SSSR count). The summed E-state index contributed by atoms with van der Waals surface area (Å²) in [5.41, 5.74) is 0.554. The zero-order valence-electron chi connectivity index (χ0n) is 15.9. The second kappa shape index (κ2) is 9.65. The maximum absolute atomic E-state index is 13.0. The Kier molecular flexibility index (Phi) is 6.74. The molecule has 0 bridgehead atoms. The third kappa shape index (κ3) is 5.12. The van der Waals surface area contributed by atoms with Gasteiger partial charge in [0.15, 0.2) is 16.8 Å². The summed E-state index contributed by atoms with van der Waals surface area (Å²) in [5, 5.41) is 11.7. The van der Waals surface area contributed by atoms with Crippen molar-refractivity contribution in [1.29, 1.82) is 0 Å². The van der Waals surface area contributed by atoms with E-state index in [2.05, 4.69) is 20.8 Å². The molecule has 1 atom stereocenters. The molecule has 3 heterocycles. The number of hydrogen-bond donors (Lipinski definition) is 0. The number of thiophene rings is 1. The van der Waals surface area contributed by atoms with E-state index in [0.717, 1.165) is 54.0 Å². The molecule has 0 radical (unpaired) electrons. The Hall–Kier alpha value is -2.03. The first kappa shape index (κ1) is 20.3. The molecule has 5 nitrogen and oxygen atoms in total. The van der Waals surface area contributed by atoms with E-state index >= 15 is 0 Å². The third-order valence-corrected chi connectivity index (χ3v) is 6.73. The van der Waals surface area contributed by atoms with Crippen LogP contribution in [0.2, 0.25) is 0 Å². The number of aromatic nitrogens is 3. The number of nitrogens with zero attached hydrogens (tertiary/aromatic N) is 3. The van der Waals surface area contributed by atoms with Gasteiger partial charge in [0, 0.05) is 24.3 Å². The molecule has 1 aliphatic rings. The van der Waals surface area contributed by atoms with Gasteiger partial charge in [0.2, 0.25) is 0 Å². The van der Waals surface area contributed by atoms with Crippen molar-refractivity contribution in [3.63, 3.8) is 0 Å². The van der Waals surface area contributed by atoms with Crippen molar-refractivity contribution in [2.45, 2.75) is 43.5 Å². The Morgan fingerprint density at radius 1 is 1.28 bits per heavy atom. The first-order valence-corrected chi connectivity index (χ1v) is 11.6. The van der Waals surface area contributed by atoms with Crippen LogP contribution >= 0.6 is 23.1 Å². The first-order chi connectivity index (χ1) is 14.2. The molecule has 0 spiro atoms. The highest BCUT2D eigenvalue weighted by molar-refractivity contribution is 7.99. The van der Waals surface area contributed by atoms with Gasteiger partial charge in [0.1, 0.15) is 5.82 Å². The Morgan fingerprint density at radius 3 is 2.86 bits per heavy atom.